The Kier molecular flexibility index (Phi) is 5.47. The maximum atomic E-state index is 6.09. The van der Waals surface area contributed by atoms with Gasteiger partial charge in [-0.1, -0.05) is 6.92 Å². The third-order valence-corrected chi connectivity index (χ3v) is 4.11. The fraction of sp³-hybridized carbons (Fsp3) is 0.562. The summed E-state index contributed by atoms with van der Waals surface area (Å²) in [5, 5.41) is 9.90. The van der Waals surface area contributed by atoms with Crippen molar-refractivity contribution in [3.05, 3.63) is 18.5 Å². The number of aromatic nitrogens is 4. The van der Waals surface area contributed by atoms with Crippen LogP contribution in [0.15, 0.2) is 18.5 Å². The molecule has 2 N–H and O–H groups in total. The average Bonchev–Trinajstić information content (AvgIpc) is 3.08. The van der Waals surface area contributed by atoms with Crippen LogP contribution in [0.1, 0.15) is 26.2 Å². The third kappa shape index (κ3) is 4.14. The summed E-state index contributed by atoms with van der Waals surface area (Å²) in [5.74, 6) is 2.76. The molecule has 1 aliphatic heterocycles. The van der Waals surface area contributed by atoms with Crippen LogP contribution in [-0.2, 0) is 4.74 Å². The standard InChI is InChI=1S/C16H23N5O3/c1-3-12(11-4-6-23-7-5-11)24-16-10-17-9-14(19-16)18-13-8-15(22-2)21-20-13/h8-12H,3-7H2,1-2H3,(H2,18,19,20,21)/t12-/m1/s1. The van der Waals surface area contributed by atoms with Gasteiger partial charge in [0.2, 0.25) is 11.8 Å². The van der Waals surface area contributed by atoms with E-state index in [0.717, 1.165) is 32.5 Å². The van der Waals surface area contributed by atoms with Crippen LogP contribution in [-0.4, -0.2) is 46.6 Å². The molecular weight excluding hydrogens is 310 g/mol. The van der Waals surface area contributed by atoms with Crippen LogP contribution in [0, 0.1) is 5.92 Å². The zero-order chi connectivity index (χ0) is 16.8. The molecule has 3 heterocycles. The van der Waals surface area contributed by atoms with Crippen molar-refractivity contribution in [2.24, 2.45) is 5.92 Å². The first-order chi connectivity index (χ1) is 11.8. The fourth-order valence-corrected chi connectivity index (χ4v) is 2.82. The van der Waals surface area contributed by atoms with Crippen molar-refractivity contribution < 1.29 is 14.2 Å². The summed E-state index contributed by atoms with van der Waals surface area (Å²) < 4.78 is 16.6. The normalized spacial score (nSPS) is 16.6. The number of nitrogens with zero attached hydrogens (tertiary/aromatic N) is 3. The van der Waals surface area contributed by atoms with Gasteiger partial charge in [0.1, 0.15) is 6.10 Å². The molecule has 2 aromatic rings. The fourth-order valence-electron chi connectivity index (χ4n) is 2.82. The van der Waals surface area contributed by atoms with E-state index in [1.807, 2.05) is 0 Å². The minimum absolute atomic E-state index is 0.129. The number of H-pyrrole nitrogens is 1. The van der Waals surface area contributed by atoms with Gasteiger partial charge in [-0.2, -0.15) is 10.1 Å². The lowest BCUT2D eigenvalue weighted by Crippen LogP contribution is -2.31. The molecular formula is C16H23N5O3. The second-order valence-corrected chi connectivity index (χ2v) is 5.70. The van der Waals surface area contributed by atoms with Crippen LogP contribution in [0.25, 0.3) is 0 Å². The molecule has 1 fully saturated rings. The Bertz CT molecular complexity index is 642. The number of methoxy groups -OCH3 is 1. The molecule has 8 nitrogen and oxygen atoms in total. The Labute approximate surface area is 140 Å². The van der Waals surface area contributed by atoms with Gasteiger partial charge in [-0.05, 0) is 19.3 Å². The van der Waals surface area contributed by atoms with Gasteiger partial charge in [0.15, 0.2) is 11.6 Å². The second-order valence-electron chi connectivity index (χ2n) is 5.70. The van der Waals surface area contributed by atoms with Crippen molar-refractivity contribution in [1.82, 2.24) is 20.2 Å². The van der Waals surface area contributed by atoms with Crippen LogP contribution in [0.5, 0.6) is 11.8 Å². The number of aromatic amines is 1. The van der Waals surface area contributed by atoms with E-state index >= 15 is 0 Å². The maximum Gasteiger partial charge on any atom is 0.234 e. The minimum atomic E-state index is 0.129. The van der Waals surface area contributed by atoms with Gasteiger partial charge in [-0.15, -0.1) is 0 Å². The van der Waals surface area contributed by atoms with Crippen LogP contribution < -0.4 is 14.8 Å². The van der Waals surface area contributed by atoms with Crippen molar-refractivity contribution in [1.29, 1.82) is 0 Å². The first kappa shape index (κ1) is 16.5. The quantitative estimate of drug-likeness (QED) is 0.804. The molecule has 2 aromatic heterocycles. The summed E-state index contributed by atoms with van der Waals surface area (Å²) in [6.45, 7) is 3.74. The van der Waals surface area contributed by atoms with E-state index in [4.69, 9.17) is 14.2 Å². The summed E-state index contributed by atoms with van der Waals surface area (Å²) in [5.41, 5.74) is 0. The van der Waals surface area contributed by atoms with E-state index < -0.39 is 0 Å². The Hall–Kier alpha value is -2.35. The molecule has 0 aliphatic carbocycles. The highest BCUT2D eigenvalue weighted by atomic mass is 16.5. The molecule has 0 amide bonds. The molecule has 8 heteroatoms. The van der Waals surface area contributed by atoms with Crippen LogP contribution in [0.3, 0.4) is 0 Å². The summed E-state index contributed by atoms with van der Waals surface area (Å²) in [6.07, 6.45) is 6.37. The van der Waals surface area contributed by atoms with Gasteiger partial charge in [0, 0.05) is 25.2 Å². The van der Waals surface area contributed by atoms with Crippen molar-refractivity contribution in [3.8, 4) is 11.8 Å². The number of hydrogen-bond acceptors (Lipinski definition) is 7. The molecule has 1 aliphatic rings. The van der Waals surface area contributed by atoms with E-state index in [0.29, 0.717) is 29.3 Å². The number of anilines is 2. The number of ether oxygens (including phenoxy) is 3. The van der Waals surface area contributed by atoms with Crippen molar-refractivity contribution >= 4 is 11.6 Å². The Morgan fingerprint density at radius 1 is 1.33 bits per heavy atom. The summed E-state index contributed by atoms with van der Waals surface area (Å²) in [6, 6.07) is 1.74. The van der Waals surface area contributed by atoms with E-state index in [9.17, 15) is 0 Å². The van der Waals surface area contributed by atoms with Gasteiger partial charge in [0.25, 0.3) is 0 Å². The Morgan fingerprint density at radius 2 is 2.17 bits per heavy atom. The van der Waals surface area contributed by atoms with Gasteiger partial charge < -0.3 is 19.5 Å². The van der Waals surface area contributed by atoms with Gasteiger partial charge in [-0.3, -0.25) is 4.98 Å². The lowest BCUT2D eigenvalue weighted by Gasteiger charge is -2.29. The molecule has 0 aromatic carbocycles. The third-order valence-electron chi connectivity index (χ3n) is 4.11. The zero-order valence-electron chi connectivity index (χ0n) is 14.0. The zero-order valence-corrected chi connectivity index (χ0v) is 14.0. The summed E-state index contributed by atoms with van der Waals surface area (Å²) >= 11 is 0. The molecule has 0 spiro atoms. The van der Waals surface area contributed by atoms with Crippen LogP contribution >= 0.6 is 0 Å². The van der Waals surface area contributed by atoms with E-state index in [1.54, 1.807) is 25.6 Å². The average molecular weight is 333 g/mol. The maximum absolute atomic E-state index is 6.09. The van der Waals surface area contributed by atoms with Gasteiger partial charge in [-0.25, -0.2) is 5.10 Å². The SMILES string of the molecule is CC[C@@H](Oc1cncc(Nc2cc(OC)[nH]n2)n1)C1CCOCC1. The Balaban J connectivity index is 1.65. The molecule has 0 unspecified atom stereocenters. The first-order valence-electron chi connectivity index (χ1n) is 8.21. The topological polar surface area (TPSA) is 94.2 Å². The van der Waals surface area contributed by atoms with Crippen LogP contribution in [0.4, 0.5) is 11.6 Å². The molecule has 24 heavy (non-hydrogen) atoms. The number of nitrogens with one attached hydrogen (secondary N) is 2. The van der Waals surface area contributed by atoms with Crippen molar-refractivity contribution in [3.63, 3.8) is 0 Å². The molecule has 0 bridgehead atoms. The summed E-state index contributed by atoms with van der Waals surface area (Å²) in [7, 11) is 1.58. The summed E-state index contributed by atoms with van der Waals surface area (Å²) in [4.78, 5) is 8.66. The highest BCUT2D eigenvalue weighted by Gasteiger charge is 2.24. The monoisotopic (exact) mass is 333 g/mol. The number of hydrogen-bond donors (Lipinski definition) is 2. The molecule has 130 valence electrons. The van der Waals surface area contributed by atoms with Crippen molar-refractivity contribution in [2.45, 2.75) is 32.3 Å². The van der Waals surface area contributed by atoms with Crippen molar-refractivity contribution in [2.75, 3.05) is 25.6 Å². The number of rotatable bonds is 7. The molecule has 1 atom stereocenters. The molecule has 3 rings (SSSR count). The lowest BCUT2D eigenvalue weighted by molar-refractivity contribution is 0.0152. The molecule has 1 saturated heterocycles. The second kappa shape index (κ2) is 7.96. The van der Waals surface area contributed by atoms with E-state index in [1.165, 1.54) is 0 Å². The first-order valence-corrected chi connectivity index (χ1v) is 8.21. The van der Waals surface area contributed by atoms with E-state index in [-0.39, 0.29) is 6.10 Å². The molecule has 0 radical (unpaired) electrons. The predicted molar refractivity (Wildman–Crippen MR) is 88.7 cm³/mol. The molecule has 0 saturated carbocycles. The minimum Gasteiger partial charge on any atom is -0.481 e. The highest BCUT2D eigenvalue weighted by Crippen LogP contribution is 2.25. The van der Waals surface area contributed by atoms with E-state index in [2.05, 4.69) is 32.4 Å². The smallest absolute Gasteiger partial charge is 0.234 e. The van der Waals surface area contributed by atoms with Crippen LogP contribution in [0.2, 0.25) is 0 Å². The largest absolute Gasteiger partial charge is 0.481 e. The Morgan fingerprint density at radius 3 is 2.88 bits per heavy atom. The van der Waals surface area contributed by atoms with Gasteiger partial charge >= 0.3 is 0 Å². The highest BCUT2D eigenvalue weighted by molar-refractivity contribution is 5.51. The predicted octanol–water partition coefficient (Wildman–Crippen LogP) is 2.54. The van der Waals surface area contributed by atoms with Gasteiger partial charge in [0.05, 0.1) is 19.5 Å². The lowest BCUT2D eigenvalue weighted by atomic mass is 9.92.